The number of H-pyrrole nitrogens is 1. The molecule has 0 amide bonds. The second-order valence-corrected chi connectivity index (χ2v) is 8.17. The van der Waals surface area contributed by atoms with Gasteiger partial charge in [0, 0.05) is 31.1 Å². The van der Waals surface area contributed by atoms with E-state index in [1.54, 1.807) is 6.92 Å². The number of aromatic amines is 1. The van der Waals surface area contributed by atoms with Crippen LogP contribution in [-0.2, 0) is 16.9 Å². The number of sulfone groups is 1. The molecule has 0 fully saturated rings. The normalized spacial score (nSPS) is 11.6. The van der Waals surface area contributed by atoms with Crippen molar-refractivity contribution in [1.29, 1.82) is 0 Å². The van der Waals surface area contributed by atoms with E-state index >= 15 is 0 Å². The molecule has 25 heavy (non-hydrogen) atoms. The van der Waals surface area contributed by atoms with Crippen molar-refractivity contribution in [1.82, 2.24) is 9.78 Å². The number of carbonyl (C=O) groups excluding carboxylic acids is 1. The standard InChI is InChI=1S/C16H20ClN3O4S/c1-5-8-18-14-11(25(4,23)24)7-6-10(13(14)17)15(21)12-9(2)19-20(3)16(12)22/h6-7,18-19H,5,8H2,1-4H3. The predicted molar refractivity (Wildman–Crippen MR) is 97.5 cm³/mol. The first-order valence-corrected chi connectivity index (χ1v) is 9.93. The van der Waals surface area contributed by atoms with E-state index in [1.807, 2.05) is 6.92 Å². The molecule has 0 aliphatic carbocycles. The number of aromatic nitrogens is 2. The molecule has 0 spiro atoms. The molecule has 2 rings (SSSR count). The van der Waals surface area contributed by atoms with Gasteiger partial charge in [-0.3, -0.25) is 19.4 Å². The molecule has 136 valence electrons. The highest BCUT2D eigenvalue weighted by Crippen LogP contribution is 2.34. The zero-order chi connectivity index (χ0) is 18.9. The van der Waals surface area contributed by atoms with Crippen molar-refractivity contribution in [2.24, 2.45) is 7.05 Å². The topological polar surface area (TPSA) is 101 Å². The molecular formula is C16H20ClN3O4S. The van der Waals surface area contributed by atoms with Crippen LogP contribution in [0.2, 0.25) is 5.02 Å². The highest BCUT2D eigenvalue weighted by atomic mass is 35.5. The number of aryl methyl sites for hydroxylation is 2. The van der Waals surface area contributed by atoms with Crippen molar-refractivity contribution < 1.29 is 13.2 Å². The second-order valence-electron chi connectivity index (χ2n) is 5.80. The van der Waals surface area contributed by atoms with Gasteiger partial charge in [0.15, 0.2) is 9.84 Å². The van der Waals surface area contributed by atoms with Gasteiger partial charge in [-0.2, -0.15) is 0 Å². The fourth-order valence-electron chi connectivity index (χ4n) is 2.55. The number of hydrogen-bond acceptors (Lipinski definition) is 5. The van der Waals surface area contributed by atoms with E-state index < -0.39 is 21.2 Å². The summed E-state index contributed by atoms with van der Waals surface area (Å²) in [5.74, 6) is -0.552. The Morgan fingerprint density at radius 3 is 2.48 bits per heavy atom. The van der Waals surface area contributed by atoms with Gasteiger partial charge < -0.3 is 5.32 Å². The Labute approximate surface area is 150 Å². The van der Waals surface area contributed by atoms with Crippen LogP contribution < -0.4 is 10.9 Å². The average Bonchev–Trinajstić information content (AvgIpc) is 2.77. The minimum absolute atomic E-state index is 0.0102. The second kappa shape index (κ2) is 7.05. The van der Waals surface area contributed by atoms with E-state index in [1.165, 1.54) is 23.9 Å². The summed E-state index contributed by atoms with van der Waals surface area (Å²) in [6.07, 6.45) is 1.82. The summed E-state index contributed by atoms with van der Waals surface area (Å²) in [6.45, 7) is 4.03. The molecule has 1 aromatic carbocycles. The van der Waals surface area contributed by atoms with Crippen LogP contribution in [0.5, 0.6) is 0 Å². The number of rotatable bonds is 6. The Kier molecular flexibility index (Phi) is 5.43. The van der Waals surface area contributed by atoms with Gasteiger partial charge >= 0.3 is 0 Å². The highest BCUT2D eigenvalue weighted by Gasteiger charge is 2.25. The maximum atomic E-state index is 12.8. The van der Waals surface area contributed by atoms with Crippen LogP contribution in [0.4, 0.5) is 5.69 Å². The van der Waals surface area contributed by atoms with E-state index in [9.17, 15) is 18.0 Å². The lowest BCUT2D eigenvalue weighted by Gasteiger charge is -2.14. The van der Waals surface area contributed by atoms with Crippen molar-refractivity contribution in [3.8, 4) is 0 Å². The van der Waals surface area contributed by atoms with Crippen LogP contribution in [0.15, 0.2) is 21.8 Å². The number of hydrogen-bond donors (Lipinski definition) is 2. The van der Waals surface area contributed by atoms with Crippen molar-refractivity contribution >= 4 is 32.9 Å². The van der Waals surface area contributed by atoms with Gasteiger partial charge in [0.2, 0.25) is 5.78 Å². The SMILES string of the molecule is CCCNc1c(S(C)(=O)=O)ccc(C(=O)c2c(C)[nH]n(C)c2=O)c1Cl. The summed E-state index contributed by atoms with van der Waals surface area (Å²) in [5, 5.41) is 5.71. The van der Waals surface area contributed by atoms with E-state index in [-0.39, 0.29) is 26.7 Å². The Balaban J connectivity index is 2.67. The monoisotopic (exact) mass is 385 g/mol. The molecule has 1 heterocycles. The number of nitrogens with zero attached hydrogens (tertiary/aromatic N) is 1. The quantitative estimate of drug-likeness (QED) is 0.742. The molecule has 0 atom stereocenters. The van der Waals surface area contributed by atoms with E-state index in [0.29, 0.717) is 12.2 Å². The number of halogens is 1. The third-order valence-corrected chi connectivity index (χ3v) is 5.29. The van der Waals surface area contributed by atoms with Crippen molar-refractivity contribution in [2.45, 2.75) is 25.2 Å². The molecule has 0 unspecified atom stereocenters. The number of benzene rings is 1. The third-order valence-electron chi connectivity index (χ3n) is 3.76. The molecule has 1 aromatic heterocycles. The van der Waals surface area contributed by atoms with Crippen molar-refractivity contribution in [3.05, 3.63) is 44.3 Å². The zero-order valence-electron chi connectivity index (χ0n) is 14.4. The van der Waals surface area contributed by atoms with E-state index in [4.69, 9.17) is 11.6 Å². The van der Waals surface area contributed by atoms with Gasteiger partial charge in [0.25, 0.3) is 5.56 Å². The fraction of sp³-hybridized carbons (Fsp3) is 0.375. The van der Waals surface area contributed by atoms with Gasteiger partial charge in [0.1, 0.15) is 5.56 Å². The summed E-state index contributed by atoms with van der Waals surface area (Å²) in [5.41, 5.74) is 0.199. The number of anilines is 1. The zero-order valence-corrected chi connectivity index (χ0v) is 16.0. The minimum Gasteiger partial charge on any atom is -0.383 e. The molecule has 2 N–H and O–H groups in total. The number of nitrogens with one attached hydrogen (secondary N) is 2. The first kappa shape index (κ1) is 19.3. The van der Waals surface area contributed by atoms with Crippen molar-refractivity contribution in [2.75, 3.05) is 18.1 Å². The molecule has 7 nitrogen and oxygen atoms in total. The van der Waals surface area contributed by atoms with Gasteiger partial charge in [0.05, 0.1) is 15.6 Å². The number of carbonyl (C=O) groups is 1. The summed E-state index contributed by atoms with van der Waals surface area (Å²) in [4.78, 5) is 25.0. The number of ketones is 1. The van der Waals surface area contributed by atoms with E-state index in [2.05, 4.69) is 10.4 Å². The summed E-state index contributed by atoms with van der Waals surface area (Å²) >= 11 is 6.35. The van der Waals surface area contributed by atoms with Crippen LogP contribution in [0.1, 0.15) is 35.0 Å². The van der Waals surface area contributed by atoms with Gasteiger partial charge in [-0.05, 0) is 25.5 Å². The molecule has 0 aliphatic rings. The Hall–Kier alpha value is -2.06. The fourth-order valence-corrected chi connectivity index (χ4v) is 3.78. The Morgan fingerprint density at radius 2 is 2.00 bits per heavy atom. The van der Waals surface area contributed by atoms with Gasteiger partial charge in [-0.15, -0.1) is 0 Å². The van der Waals surface area contributed by atoms with Crippen LogP contribution >= 0.6 is 11.6 Å². The maximum absolute atomic E-state index is 12.8. The first-order valence-electron chi connectivity index (χ1n) is 7.66. The molecule has 0 bridgehead atoms. The van der Waals surface area contributed by atoms with Crippen LogP contribution in [0, 0.1) is 6.92 Å². The summed E-state index contributed by atoms with van der Waals surface area (Å²) in [7, 11) is -2.03. The third kappa shape index (κ3) is 3.64. The summed E-state index contributed by atoms with van der Waals surface area (Å²) in [6, 6.07) is 2.67. The smallest absolute Gasteiger partial charge is 0.277 e. The van der Waals surface area contributed by atoms with Gasteiger partial charge in [-0.25, -0.2) is 8.42 Å². The lowest BCUT2D eigenvalue weighted by atomic mass is 10.0. The maximum Gasteiger partial charge on any atom is 0.277 e. The Bertz CT molecular complexity index is 990. The lowest BCUT2D eigenvalue weighted by molar-refractivity contribution is 0.103. The van der Waals surface area contributed by atoms with Crippen LogP contribution in [-0.4, -0.2) is 36.8 Å². The molecule has 0 radical (unpaired) electrons. The molecule has 2 aromatic rings. The molecule has 0 saturated carbocycles. The molecular weight excluding hydrogens is 366 g/mol. The highest BCUT2D eigenvalue weighted by molar-refractivity contribution is 7.90. The lowest BCUT2D eigenvalue weighted by Crippen LogP contribution is -2.20. The summed E-state index contributed by atoms with van der Waals surface area (Å²) < 4.78 is 25.2. The van der Waals surface area contributed by atoms with Crippen LogP contribution in [0.25, 0.3) is 0 Å². The van der Waals surface area contributed by atoms with E-state index in [0.717, 1.165) is 12.7 Å². The first-order chi connectivity index (χ1) is 11.6. The largest absolute Gasteiger partial charge is 0.383 e. The van der Waals surface area contributed by atoms with Crippen LogP contribution in [0.3, 0.4) is 0 Å². The van der Waals surface area contributed by atoms with Crippen molar-refractivity contribution in [3.63, 3.8) is 0 Å². The minimum atomic E-state index is -3.54. The predicted octanol–water partition coefficient (Wildman–Crippen LogP) is 2.13. The average molecular weight is 386 g/mol. The molecule has 0 saturated heterocycles. The molecule has 9 heteroatoms. The van der Waals surface area contributed by atoms with Gasteiger partial charge in [-0.1, -0.05) is 18.5 Å². The molecule has 0 aliphatic heterocycles. The Morgan fingerprint density at radius 1 is 1.36 bits per heavy atom.